The van der Waals surface area contributed by atoms with Crippen LogP contribution >= 0.6 is 11.3 Å². The van der Waals surface area contributed by atoms with Crippen LogP contribution in [-0.4, -0.2) is 25.5 Å². The van der Waals surface area contributed by atoms with Gasteiger partial charge in [0.2, 0.25) is 10.0 Å². The molecule has 7 heteroatoms. The first-order valence-electron chi connectivity index (χ1n) is 7.28. The number of carbonyl (C=O) groups is 1. The second kappa shape index (κ2) is 6.89. The Morgan fingerprint density at radius 3 is 2.62 bits per heavy atom. The Balaban J connectivity index is 2.12. The summed E-state index contributed by atoms with van der Waals surface area (Å²) in [6, 6.07) is 1.16. The fourth-order valence-electron chi connectivity index (χ4n) is 2.88. The van der Waals surface area contributed by atoms with E-state index >= 15 is 0 Å². The van der Waals surface area contributed by atoms with E-state index in [0.29, 0.717) is 5.92 Å². The van der Waals surface area contributed by atoms with Gasteiger partial charge in [-0.2, -0.15) is 0 Å². The van der Waals surface area contributed by atoms with Gasteiger partial charge in [0.1, 0.15) is 4.21 Å². The number of hydrogen-bond donors (Lipinski definition) is 2. The number of nitrogens with one attached hydrogen (secondary N) is 1. The molecule has 1 saturated carbocycles. The van der Waals surface area contributed by atoms with E-state index in [9.17, 15) is 13.2 Å². The molecule has 0 saturated heterocycles. The summed E-state index contributed by atoms with van der Waals surface area (Å²) in [7, 11) is -3.63. The average Bonchev–Trinajstić information content (AvgIpc) is 2.96. The first kappa shape index (κ1) is 16.5. The molecule has 1 atom stereocenters. The van der Waals surface area contributed by atoms with Crippen molar-refractivity contribution in [1.29, 1.82) is 0 Å². The van der Waals surface area contributed by atoms with Crippen LogP contribution in [0.1, 0.15) is 55.8 Å². The third-order valence-electron chi connectivity index (χ3n) is 4.05. The molecule has 2 rings (SSSR count). The van der Waals surface area contributed by atoms with Gasteiger partial charge in [0.25, 0.3) is 0 Å². The molecule has 0 bridgehead atoms. The van der Waals surface area contributed by atoms with Crippen molar-refractivity contribution in [2.24, 2.45) is 5.92 Å². The van der Waals surface area contributed by atoms with Gasteiger partial charge in [-0.05, 0) is 31.2 Å². The predicted octanol–water partition coefficient (Wildman–Crippen LogP) is 3.08. The van der Waals surface area contributed by atoms with E-state index in [4.69, 9.17) is 5.11 Å². The molecular formula is C14H21NO4S2. The highest BCUT2D eigenvalue weighted by Crippen LogP contribution is 2.29. The molecule has 0 aliphatic heterocycles. The van der Waals surface area contributed by atoms with Crippen molar-refractivity contribution in [1.82, 2.24) is 4.72 Å². The van der Waals surface area contributed by atoms with Crippen LogP contribution in [0.5, 0.6) is 0 Å². The molecule has 118 valence electrons. The van der Waals surface area contributed by atoms with Crippen LogP contribution in [-0.2, 0) is 10.0 Å². The SMILES string of the molecule is CCC(NS(=O)(=O)c1cc(C(=O)O)cs1)C1CCCCC1. The number of carboxylic acids is 1. The first-order chi connectivity index (χ1) is 9.94. The van der Waals surface area contributed by atoms with Gasteiger partial charge >= 0.3 is 5.97 Å². The lowest BCUT2D eigenvalue weighted by Gasteiger charge is -2.29. The second-order valence-electron chi connectivity index (χ2n) is 5.49. The topological polar surface area (TPSA) is 83.5 Å². The molecule has 0 radical (unpaired) electrons. The summed E-state index contributed by atoms with van der Waals surface area (Å²) >= 11 is 0.953. The normalized spacial score (nSPS) is 18.5. The lowest BCUT2D eigenvalue weighted by molar-refractivity contribution is 0.0697. The third kappa shape index (κ3) is 4.05. The van der Waals surface area contributed by atoms with E-state index < -0.39 is 16.0 Å². The van der Waals surface area contributed by atoms with Gasteiger partial charge in [-0.3, -0.25) is 0 Å². The molecule has 1 aromatic heterocycles. The average molecular weight is 331 g/mol. The molecule has 0 amide bonds. The summed E-state index contributed by atoms with van der Waals surface area (Å²) in [6.45, 7) is 1.99. The van der Waals surface area contributed by atoms with E-state index in [2.05, 4.69) is 4.72 Å². The summed E-state index contributed by atoms with van der Waals surface area (Å²) in [5, 5.41) is 10.2. The van der Waals surface area contributed by atoms with Crippen molar-refractivity contribution in [3.05, 3.63) is 17.0 Å². The van der Waals surface area contributed by atoms with Crippen molar-refractivity contribution in [3.63, 3.8) is 0 Å². The molecule has 1 aromatic rings. The molecule has 2 N–H and O–H groups in total. The van der Waals surface area contributed by atoms with Gasteiger partial charge in [0, 0.05) is 11.4 Å². The number of thiophene rings is 1. The minimum atomic E-state index is -3.63. The lowest BCUT2D eigenvalue weighted by atomic mass is 9.83. The Morgan fingerprint density at radius 2 is 2.10 bits per heavy atom. The van der Waals surface area contributed by atoms with E-state index in [1.54, 1.807) is 0 Å². The fourth-order valence-corrected chi connectivity index (χ4v) is 5.43. The van der Waals surface area contributed by atoms with Gasteiger partial charge in [-0.1, -0.05) is 26.2 Å². The Morgan fingerprint density at radius 1 is 1.43 bits per heavy atom. The van der Waals surface area contributed by atoms with Crippen LogP contribution in [0.3, 0.4) is 0 Å². The fraction of sp³-hybridized carbons (Fsp3) is 0.643. The van der Waals surface area contributed by atoms with Crippen LogP contribution in [0.25, 0.3) is 0 Å². The van der Waals surface area contributed by atoms with Gasteiger partial charge in [-0.15, -0.1) is 11.3 Å². The van der Waals surface area contributed by atoms with Crippen LogP contribution in [0, 0.1) is 5.92 Å². The third-order valence-corrected chi connectivity index (χ3v) is 6.98. The van der Waals surface area contributed by atoms with Crippen molar-refractivity contribution in [3.8, 4) is 0 Å². The van der Waals surface area contributed by atoms with Crippen LogP contribution < -0.4 is 4.72 Å². The van der Waals surface area contributed by atoms with Crippen molar-refractivity contribution < 1.29 is 18.3 Å². The van der Waals surface area contributed by atoms with Crippen LogP contribution in [0.2, 0.25) is 0 Å². The van der Waals surface area contributed by atoms with Crippen molar-refractivity contribution >= 4 is 27.3 Å². The molecule has 21 heavy (non-hydrogen) atoms. The molecule has 1 unspecified atom stereocenters. The number of rotatable bonds is 6. The highest BCUT2D eigenvalue weighted by atomic mass is 32.2. The monoisotopic (exact) mass is 331 g/mol. The van der Waals surface area contributed by atoms with Crippen molar-refractivity contribution in [2.45, 2.75) is 55.7 Å². The second-order valence-corrected chi connectivity index (χ2v) is 8.35. The number of sulfonamides is 1. The maximum Gasteiger partial charge on any atom is 0.336 e. The first-order valence-corrected chi connectivity index (χ1v) is 9.64. The molecule has 1 heterocycles. The van der Waals surface area contributed by atoms with Gasteiger partial charge < -0.3 is 5.11 Å². The minimum Gasteiger partial charge on any atom is -0.478 e. The molecule has 0 spiro atoms. The van der Waals surface area contributed by atoms with Crippen LogP contribution in [0.15, 0.2) is 15.7 Å². The summed E-state index contributed by atoms with van der Waals surface area (Å²) in [6.07, 6.45) is 6.42. The van der Waals surface area contributed by atoms with E-state index in [1.165, 1.54) is 17.9 Å². The zero-order chi connectivity index (χ0) is 15.5. The molecule has 0 aromatic carbocycles. The molecule has 1 aliphatic rings. The van der Waals surface area contributed by atoms with Gasteiger partial charge in [0.15, 0.2) is 0 Å². The highest BCUT2D eigenvalue weighted by Gasteiger charge is 2.28. The standard InChI is InChI=1S/C14H21NO4S2/c1-2-12(10-6-4-3-5-7-10)15-21(18,19)13-8-11(9-20-13)14(16)17/h8-10,12,15H,2-7H2,1H3,(H,16,17). The summed E-state index contributed by atoms with van der Waals surface area (Å²) in [5.41, 5.74) is 0.0195. The Labute approximate surface area is 129 Å². The van der Waals surface area contributed by atoms with E-state index in [1.807, 2.05) is 6.92 Å². The molecular weight excluding hydrogens is 310 g/mol. The van der Waals surface area contributed by atoms with Crippen LogP contribution in [0.4, 0.5) is 0 Å². The predicted molar refractivity (Wildman–Crippen MR) is 82.3 cm³/mol. The zero-order valence-corrected chi connectivity index (χ0v) is 13.7. The number of hydrogen-bond acceptors (Lipinski definition) is 4. The largest absolute Gasteiger partial charge is 0.478 e. The number of aromatic carboxylic acids is 1. The Kier molecular flexibility index (Phi) is 5.40. The maximum atomic E-state index is 12.4. The Bertz CT molecular complexity index is 588. The van der Waals surface area contributed by atoms with Gasteiger partial charge in [0.05, 0.1) is 5.56 Å². The highest BCUT2D eigenvalue weighted by molar-refractivity contribution is 7.91. The summed E-state index contributed by atoms with van der Waals surface area (Å²) in [4.78, 5) is 10.9. The Hall–Kier alpha value is -0.920. The smallest absolute Gasteiger partial charge is 0.336 e. The van der Waals surface area contributed by atoms with Gasteiger partial charge in [-0.25, -0.2) is 17.9 Å². The molecule has 1 aliphatic carbocycles. The lowest BCUT2D eigenvalue weighted by Crippen LogP contribution is -2.40. The quantitative estimate of drug-likeness (QED) is 0.839. The van der Waals surface area contributed by atoms with E-state index in [-0.39, 0.29) is 15.8 Å². The molecule has 5 nitrogen and oxygen atoms in total. The van der Waals surface area contributed by atoms with Crippen molar-refractivity contribution in [2.75, 3.05) is 0 Å². The molecule has 1 fully saturated rings. The summed E-state index contributed by atoms with van der Waals surface area (Å²) < 4.78 is 27.6. The summed E-state index contributed by atoms with van der Waals surface area (Å²) in [5.74, 6) is -0.718. The minimum absolute atomic E-state index is 0.0195. The maximum absolute atomic E-state index is 12.4. The number of carboxylic acid groups (broad SMARTS) is 1. The zero-order valence-electron chi connectivity index (χ0n) is 12.0. The van der Waals surface area contributed by atoms with E-state index in [0.717, 1.165) is 43.4 Å².